The van der Waals surface area contributed by atoms with Gasteiger partial charge in [-0.15, -0.1) is 6.42 Å². The maximum atomic E-state index is 5.15. The van der Waals surface area contributed by atoms with E-state index in [2.05, 4.69) is 10.9 Å². The fourth-order valence-corrected chi connectivity index (χ4v) is 0.655. The Morgan fingerprint density at radius 1 is 2.00 bits per heavy atom. The summed E-state index contributed by atoms with van der Waals surface area (Å²) < 4.78 is 0. The molecule has 0 radical (unpaired) electrons. The third kappa shape index (κ3) is 0.671. The lowest BCUT2D eigenvalue weighted by Crippen LogP contribution is -2.25. The van der Waals surface area contributed by atoms with Crippen LogP contribution in [0.5, 0.6) is 0 Å². The van der Waals surface area contributed by atoms with E-state index in [0.29, 0.717) is 0 Å². The molecule has 0 aromatic carbocycles. The zero-order valence-electron chi connectivity index (χ0n) is 4.83. The van der Waals surface area contributed by atoms with Crippen molar-refractivity contribution >= 4 is 6.34 Å². The smallest absolute Gasteiger partial charge is 0.110 e. The molecular formula is C6H8N2. The van der Waals surface area contributed by atoms with Crippen molar-refractivity contribution in [1.29, 1.82) is 0 Å². The average Bonchev–Trinajstić information content (AvgIpc) is 2.14. The van der Waals surface area contributed by atoms with Crippen molar-refractivity contribution in [2.45, 2.75) is 6.04 Å². The van der Waals surface area contributed by atoms with Crippen molar-refractivity contribution in [3.8, 4) is 12.3 Å². The number of nitrogens with zero attached hydrogens (tertiary/aromatic N) is 2. The largest absolute Gasteiger partial charge is 0.350 e. The number of aliphatic imine (C=N–C) groups is 1. The predicted molar refractivity (Wildman–Crippen MR) is 33.7 cm³/mol. The molecule has 0 fully saturated rings. The third-order valence-electron chi connectivity index (χ3n) is 1.23. The molecule has 0 aliphatic carbocycles. The fourth-order valence-electron chi connectivity index (χ4n) is 0.655. The summed E-state index contributed by atoms with van der Waals surface area (Å²) >= 11 is 0. The Hall–Kier alpha value is -0.970. The van der Waals surface area contributed by atoms with Gasteiger partial charge in [0, 0.05) is 7.05 Å². The van der Waals surface area contributed by atoms with E-state index in [1.165, 1.54) is 0 Å². The Morgan fingerprint density at radius 3 is 3.00 bits per heavy atom. The van der Waals surface area contributed by atoms with Gasteiger partial charge in [-0.3, -0.25) is 4.99 Å². The summed E-state index contributed by atoms with van der Waals surface area (Å²) in [6.45, 7) is 0.757. The van der Waals surface area contributed by atoms with Crippen molar-refractivity contribution < 1.29 is 0 Å². The van der Waals surface area contributed by atoms with Crippen LogP contribution in [0.3, 0.4) is 0 Å². The Kier molecular flexibility index (Phi) is 1.21. The van der Waals surface area contributed by atoms with Gasteiger partial charge < -0.3 is 4.90 Å². The van der Waals surface area contributed by atoms with E-state index < -0.39 is 0 Å². The molecule has 0 saturated heterocycles. The van der Waals surface area contributed by atoms with Crippen LogP contribution >= 0.6 is 0 Å². The molecule has 2 nitrogen and oxygen atoms in total. The molecule has 1 unspecified atom stereocenters. The van der Waals surface area contributed by atoms with Crippen molar-refractivity contribution in [3.63, 3.8) is 0 Å². The zero-order chi connectivity index (χ0) is 5.98. The van der Waals surface area contributed by atoms with Gasteiger partial charge in [-0.25, -0.2) is 0 Å². The SMILES string of the molecule is C#CC1CN=CN1C. The molecule has 1 rings (SSSR count). The molecule has 0 aromatic heterocycles. The van der Waals surface area contributed by atoms with E-state index in [0.717, 1.165) is 6.54 Å². The summed E-state index contributed by atoms with van der Waals surface area (Å²) in [7, 11) is 1.93. The lowest BCUT2D eigenvalue weighted by Gasteiger charge is -2.10. The topological polar surface area (TPSA) is 15.6 Å². The van der Waals surface area contributed by atoms with Crippen molar-refractivity contribution in [2.24, 2.45) is 4.99 Å². The summed E-state index contributed by atoms with van der Waals surface area (Å²) in [5, 5.41) is 0. The maximum Gasteiger partial charge on any atom is 0.110 e. The van der Waals surface area contributed by atoms with Gasteiger partial charge >= 0.3 is 0 Å². The average molecular weight is 108 g/mol. The highest BCUT2D eigenvalue weighted by molar-refractivity contribution is 5.58. The van der Waals surface area contributed by atoms with Crippen LogP contribution in [0.1, 0.15) is 0 Å². The van der Waals surface area contributed by atoms with Gasteiger partial charge in [0.05, 0.1) is 12.9 Å². The molecule has 0 N–H and O–H groups in total. The number of hydrogen-bond donors (Lipinski definition) is 0. The van der Waals surface area contributed by atoms with Gasteiger partial charge in [0.25, 0.3) is 0 Å². The molecule has 2 heteroatoms. The molecule has 8 heavy (non-hydrogen) atoms. The molecule has 0 aromatic rings. The molecule has 1 aliphatic heterocycles. The Bertz CT molecular complexity index is 143. The minimum absolute atomic E-state index is 0.204. The molecule has 42 valence electrons. The van der Waals surface area contributed by atoms with Crippen LogP contribution in [-0.2, 0) is 0 Å². The summed E-state index contributed by atoms with van der Waals surface area (Å²) in [6.07, 6.45) is 6.92. The van der Waals surface area contributed by atoms with Crippen molar-refractivity contribution in [1.82, 2.24) is 4.90 Å². The van der Waals surface area contributed by atoms with Crippen LogP contribution in [0.2, 0.25) is 0 Å². The second-order valence-corrected chi connectivity index (χ2v) is 1.83. The summed E-state index contributed by atoms with van der Waals surface area (Å²) in [5.41, 5.74) is 0. The quantitative estimate of drug-likeness (QED) is 0.398. The Morgan fingerprint density at radius 2 is 2.75 bits per heavy atom. The predicted octanol–water partition coefficient (Wildman–Crippen LogP) is -0.0381. The van der Waals surface area contributed by atoms with Gasteiger partial charge in [0.1, 0.15) is 6.04 Å². The maximum absolute atomic E-state index is 5.15. The second-order valence-electron chi connectivity index (χ2n) is 1.83. The first kappa shape index (κ1) is 5.17. The van der Waals surface area contributed by atoms with Gasteiger partial charge in [-0.2, -0.15) is 0 Å². The number of hydrogen-bond acceptors (Lipinski definition) is 2. The molecule has 0 bridgehead atoms. The molecule has 0 spiro atoms. The summed E-state index contributed by atoms with van der Waals surface area (Å²) in [5.74, 6) is 2.61. The van der Waals surface area contributed by atoms with Crippen LogP contribution in [0.4, 0.5) is 0 Å². The van der Waals surface area contributed by atoms with Crippen molar-refractivity contribution in [2.75, 3.05) is 13.6 Å². The van der Waals surface area contributed by atoms with E-state index in [4.69, 9.17) is 6.42 Å². The van der Waals surface area contributed by atoms with Crippen LogP contribution in [0, 0.1) is 12.3 Å². The van der Waals surface area contributed by atoms with E-state index in [1.54, 1.807) is 6.34 Å². The first-order valence-electron chi connectivity index (χ1n) is 2.52. The lowest BCUT2D eigenvalue weighted by atomic mass is 10.3. The van der Waals surface area contributed by atoms with Crippen LogP contribution < -0.4 is 0 Å². The third-order valence-corrected chi connectivity index (χ3v) is 1.23. The van der Waals surface area contributed by atoms with Crippen LogP contribution in [0.25, 0.3) is 0 Å². The van der Waals surface area contributed by atoms with Crippen LogP contribution in [-0.4, -0.2) is 30.9 Å². The zero-order valence-corrected chi connectivity index (χ0v) is 4.83. The van der Waals surface area contributed by atoms with E-state index in [9.17, 15) is 0 Å². The number of rotatable bonds is 0. The van der Waals surface area contributed by atoms with Gasteiger partial charge in [0.15, 0.2) is 0 Å². The Labute approximate surface area is 49.2 Å². The van der Waals surface area contributed by atoms with Crippen molar-refractivity contribution in [3.05, 3.63) is 0 Å². The number of likely N-dealkylation sites (N-methyl/N-ethyl adjacent to an activating group) is 1. The summed E-state index contributed by atoms with van der Waals surface area (Å²) in [4.78, 5) is 5.91. The standard InChI is InChI=1S/C6H8N2/c1-3-6-4-7-5-8(6)2/h1,5-6H,4H2,2H3. The second kappa shape index (κ2) is 1.87. The van der Waals surface area contributed by atoms with Gasteiger partial charge in [-0.05, 0) is 0 Å². The molecule has 1 atom stereocenters. The summed E-state index contributed by atoms with van der Waals surface area (Å²) in [6, 6.07) is 0.204. The highest BCUT2D eigenvalue weighted by Crippen LogP contribution is 1.98. The molecule has 0 amide bonds. The van der Waals surface area contributed by atoms with Crippen LogP contribution in [0.15, 0.2) is 4.99 Å². The normalized spacial score (nSPS) is 26.0. The lowest BCUT2D eigenvalue weighted by molar-refractivity contribution is 0.492. The van der Waals surface area contributed by atoms with Gasteiger partial charge in [0.2, 0.25) is 0 Å². The minimum atomic E-state index is 0.204. The minimum Gasteiger partial charge on any atom is -0.350 e. The molecular weight excluding hydrogens is 100 g/mol. The molecule has 1 heterocycles. The van der Waals surface area contributed by atoms with E-state index in [-0.39, 0.29) is 6.04 Å². The number of terminal acetylenes is 1. The Balaban J connectivity index is 2.54. The van der Waals surface area contributed by atoms with E-state index in [1.807, 2.05) is 11.9 Å². The molecule has 0 saturated carbocycles. The van der Waals surface area contributed by atoms with E-state index >= 15 is 0 Å². The fraction of sp³-hybridized carbons (Fsp3) is 0.500. The first-order chi connectivity index (χ1) is 3.84. The highest BCUT2D eigenvalue weighted by atomic mass is 15.2. The van der Waals surface area contributed by atoms with Gasteiger partial charge in [-0.1, -0.05) is 5.92 Å². The monoisotopic (exact) mass is 108 g/mol. The molecule has 1 aliphatic rings. The highest BCUT2D eigenvalue weighted by Gasteiger charge is 2.11. The first-order valence-corrected chi connectivity index (χ1v) is 2.52.